The van der Waals surface area contributed by atoms with Crippen LogP contribution in [0.2, 0.25) is 0 Å². The smallest absolute Gasteiger partial charge is 0.261 e. The molecule has 22 heavy (non-hydrogen) atoms. The van der Waals surface area contributed by atoms with Crippen molar-refractivity contribution in [2.75, 3.05) is 0 Å². The van der Waals surface area contributed by atoms with Crippen LogP contribution < -0.4 is 5.43 Å². The van der Waals surface area contributed by atoms with E-state index in [4.69, 9.17) is 0 Å². The third kappa shape index (κ3) is 3.08. The van der Waals surface area contributed by atoms with E-state index < -0.39 is 0 Å². The first-order chi connectivity index (χ1) is 10.6. The van der Waals surface area contributed by atoms with Crippen LogP contribution >= 0.6 is 0 Å². The highest BCUT2D eigenvalue weighted by Crippen LogP contribution is 2.21. The average Bonchev–Trinajstić information content (AvgIpc) is 2.82. The number of hydrogen-bond donors (Lipinski definition) is 1. The fourth-order valence-corrected chi connectivity index (χ4v) is 2.85. The molecule has 0 unspecified atom stereocenters. The van der Waals surface area contributed by atoms with Gasteiger partial charge in [0.1, 0.15) is 6.54 Å². The second-order valence-electron chi connectivity index (χ2n) is 5.69. The van der Waals surface area contributed by atoms with Crippen molar-refractivity contribution in [1.82, 2.24) is 15.2 Å². The quantitative estimate of drug-likeness (QED) is 0.884. The molecule has 1 aliphatic carbocycles. The highest BCUT2D eigenvalue weighted by atomic mass is 16.2. The van der Waals surface area contributed by atoms with E-state index in [2.05, 4.69) is 27.8 Å². The Labute approximate surface area is 130 Å². The van der Waals surface area contributed by atoms with Crippen molar-refractivity contribution in [3.05, 3.63) is 52.8 Å². The molecular formula is C17H20N4O. The van der Waals surface area contributed by atoms with E-state index in [0.29, 0.717) is 0 Å². The van der Waals surface area contributed by atoms with Gasteiger partial charge in [-0.15, -0.1) is 0 Å². The minimum atomic E-state index is -0.151. The molecule has 1 heterocycles. The highest BCUT2D eigenvalue weighted by molar-refractivity contribution is 6.03. The number of aryl methyl sites for hydroxylation is 3. The number of hydrazone groups is 1. The van der Waals surface area contributed by atoms with Crippen LogP contribution in [0.1, 0.15) is 35.4 Å². The Hall–Kier alpha value is -2.43. The van der Waals surface area contributed by atoms with E-state index in [1.807, 2.05) is 32.0 Å². The molecule has 2 aromatic rings. The standard InChI is InChI=1S/C17H20N4O/c1-12-10-13(2)21(20-12)11-17(22)19-18-16-9-5-7-14-6-3-4-8-15(14)16/h3-4,6,8,10H,5,7,9,11H2,1-2H3,(H,19,22)/b18-16-. The maximum Gasteiger partial charge on any atom is 0.261 e. The van der Waals surface area contributed by atoms with Gasteiger partial charge in [0.25, 0.3) is 5.91 Å². The molecule has 0 fully saturated rings. The van der Waals surface area contributed by atoms with Crippen LogP contribution in [0.5, 0.6) is 0 Å². The summed E-state index contributed by atoms with van der Waals surface area (Å²) in [4.78, 5) is 12.0. The van der Waals surface area contributed by atoms with E-state index in [-0.39, 0.29) is 12.5 Å². The second-order valence-corrected chi connectivity index (χ2v) is 5.69. The Morgan fingerprint density at radius 2 is 2.14 bits per heavy atom. The second kappa shape index (κ2) is 6.13. The normalized spacial score (nSPS) is 15.6. The number of hydrogen-bond acceptors (Lipinski definition) is 3. The molecule has 114 valence electrons. The monoisotopic (exact) mass is 296 g/mol. The molecule has 5 nitrogen and oxygen atoms in total. The number of fused-ring (bicyclic) bond motifs is 1. The number of nitrogens with one attached hydrogen (secondary N) is 1. The number of aromatic nitrogens is 2. The molecule has 0 aliphatic heterocycles. The largest absolute Gasteiger partial charge is 0.271 e. The summed E-state index contributed by atoms with van der Waals surface area (Å²) < 4.78 is 1.69. The van der Waals surface area contributed by atoms with E-state index in [1.54, 1.807) is 4.68 Å². The van der Waals surface area contributed by atoms with Gasteiger partial charge in [0, 0.05) is 11.3 Å². The topological polar surface area (TPSA) is 59.3 Å². The van der Waals surface area contributed by atoms with Crippen LogP contribution in [-0.4, -0.2) is 21.4 Å². The summed E-state index contributed by atoms with van der Waals surface area (Å²) in [6.45, 7) is 4.05. The lowest BCUT2D eigenvalue weighted by Gasteiger charge is -2.17. The predicted molar refractivity (Wildman–Crippen MR) is 85.8 cm³/mol. The molecule has 0 radical (unpaired) electrons. The number of carbonyl (C=O) groups is 1. The van der Waals surface area contributed by atoms with Crippen molar-refractivity contribution in [2.24, 2.45) is 5.10 Å². The number of nitrogens with zero attached hydrogens (tertiary/aromatic N) is 3. The maximum absolute atomic E-state index is 12.0. The number of carbonyl (C=O) groups excluding carboxylic acids is 1. The first-order valence-electron chi connectivity index (χ1n) is 7.58. The first-order valence-corrected chi connectivity index (χ1v) is 7.58. The molecular weight excluding hydrogens is 276 g/mol. The molecule has 0 atom stereocenters. The lowest BCUT2D eigenvalue weighted by atomic mass is 9.90. The zero-order valence-corrected chi connectivity index (χ0v) is 13.0. The molecule has 1 amide bonds. The van der Waals surface area contributed by atoms with E-state index in [9.17, 15) is 4.79 Å². The third-order valence-corrected chi connectivity index (χ3v) is 3.90. The molecule has 1 N–H and O–H groups in total. The van der Waals surface area contributed by atoms with Gasteiger partial charge in [-0.3, -0.25) is 9.48 Å². The summed E-state index contributed by atoms with van der Waals surface area (Å²) in [5.41, 5.74) is 7.98. The van der Waals surface area contributed by atoms with Crippen LogP contribution in [0.4, 0.5) is 0 Å². The number of amides is 1. The fraction of sp³-hybridized carbons (Fsp3) is 0.353. The van der Waals surface area contributed by atoms with Gasteiger partial charge in [-0.05, 0) is 44.7 Å². The average molecular weight is 296 g/mol. The molecule has 1 aromatic heterocycles. The van der Waals surface area contributed by atoms with Gasteiger partial charge in [-0.25, -0.2) is 5.43 Å². The Kier molecular flexibility index (Phi) is 4.04. The summed E-state index contributed by atoms with van der Waals surface area (Å²) >= 11 is 0. The highest BCUT2D eigenvalue weighted by Gasteiger charge is 2.15. The Bertz CT molecular complexity index is 730. The first kappa shape index (κ1) is 14.5. The van der Waals surface area contributed by atoms with Gasteiger partial charge >= 0.3 is 0 Å². The summed E-state index contributed by atoms with van der Waals surface area (Å²) in [5, 5.41) is 8.62. The lowest BCUT2D eigenvalue weighted by Crippen LogP contribution is -2.26. The Morgan fingerprint density at radius 3 is 2.91 bits per heavy atom. The molecule has 0 saturated heterocycles. The van der Waals surface area contributed by atoms with Crippen molar-refractivity contribution in [3.63, 3.8) is 0 Å². The van der Waals surface area contributed by atoms with Crippen LogP contribution in [0.15, 0.2) is 35.4 Å². The molecule has 0 saturated carbocycles. The summed E-state index contributed by atoms with van der Waals surface area (Å²) in [5.74, 6) is -0.151. The molecule has 1 aromatic carbocycles. The van der Waals surface area contributed by atoms with Gasteiger partial charge in [0.2, 0.25) is 0 Å². The van der Waals surface area contributed by atoms with Crippen LogP contribution in [0, 0.1) is 13.8 Å². The number of benzene rings is 1. The van der Waals surface area contributed by atoms with Gasteiger partial charge < -0.3 is 0 Å². The maximum atomic E-state index is 12.0. The van der Waals surface area contributed by atoms with E-state index in [1.165, 1.54) is 5.56 Å². The van der Waals surface area contributed by atoms with Gasteiger partial charge in [0.05, 0.1) is 11.4 Å². The van der Waals surface area contributed by atoms with Crippen LogP contribution in [0.3, 0.4) is 0 Å². The van der Waals surface area contributed by atoms with Crippen molar-refractivity contribution < 1.29 is 4.79 Å². The summed E-state index contributed by atoms with van der Waals surface area (Å²) in [7, 11) is 0. The van der Waals surface area contributed by atoms with Crippen molar-refractivity contribution in [2.45, 2.75) is 39.7 Å². The van der Waals surface area contributed by atoms with Crippen LogP contribution in [-0.2, 0) is 17.8 Å². The fourth-order valence-electron chi connectivity index (χ4n) is 2.85. The molecule has 0 bridgehead atoms. The van der Waals surface area contributed by atoms with Crippen molar-refractivity contribution in [1.29, 1.82) is 0 Å². The van der Waals surface area contributed by atoms with E-state index in [0.717, 1.165) is 41.9 Å². The number of rotatable bonds is 3. The lowest BCUT2D eigenvalue weighted by molar-refractivity contribution is -0.121. The van der Waals surface area contributed by atoms with Gasteiger partial charge in [0.15, 0.2) is 0 Å². The molecule has 3 rings (SSSR count). The van der Waals surface area contributed by atoms with Gasteiger partial charge in [-0.1, -0.05) is 24.3 Å². The Morgan fingerprint density at radius 1 is 1.32 bits per heavy atom. The van der Waals surface area contributed by atoms with Crippen LogP contribution in [0.25, 0.3) is 0 Å². The summed E-state index contributed by atoms with van der Waals surface area (Å²) in [6.07, 6.45) is 3.05. The molecule has 1 aliphatic rings. The van der Waals surface area contributed by atoms with Gasteiger partial charge in [-0.2, -0.15) is 10.2 Å². The minimum absolute atomic E-state index is 0.151. The molecule has 5 heteroatoms. The third-order valence-electron chi connectivity index (χ3n) is 3.90. The summed E-state index contributed by atoms with van der Waals surface area (Å²) in [6, 6.07) is 10.2. The minimum Gasteiger partial charge on any atom is -0.271 e. The van der Waals surface area contributed by atoms with Crippen molar-refractivity contribution >= 4 is 11.6 Å². The van der Waals surface area contributed by atoms with Crippen molar-refractivity contribution in [3.8, 4) is 0 Å². The van der Waals surface area contributed by atoms with E-state index >= 15 is 0 Å². The predicted octanol–water partition coefficient (Wildman–Crippen LogP) is 2.36. The SMILES string of the molecule is Cc1cc(C)n(CC(=O)N/N=C2/CCCc3ccccc32)n1. The zero-order chi connectivity index (χ0) is 15.5. The Balaban J connectivity index is 1.69. The molecule has 0 spiro atoms. The zero-order valence-electron chi connectivity index (χ0n) is 13.0.